The van der Waals surface area contributed by atoms with Gasteiger partial charge in [-0.25, -0.2) is 0 Å². The van der Waals surface area contributed by atoms with Crippen molar-refractivity contribution in [2.45, 2.75) is 70.3 Å². The van der Waals surface area contributed by atoms with Crippen molar-refractivity contribution in [3.63, 3.8) is 0 Å². The Morgan fingerprint density at radius 2 is 2.20 bits per heavy atom. The van der Waals surface area contributed by atoms with Crippen LogP contribution in [0.4, 0.5) is 0 Å². The van der Waals surface area contributed by atoms with Crippen LogP contribution in [0.15, 0.2) is 0 Å². The standard InChI is InChI=1S/C12H24O2Si/c1-9(2)14-15-7-3-4-10-5-6-11-12(8-10)13-11/h9-12H,3-8,15H2,1-2H3. The first-order valence-electron chi connectivity index (χ1n) is 6.53. The van der Waals surface area contributed by atoms with Gasteiger partial charge in [-0.15, -0.1) is 0 Å². The molecule has 3 unspecified atom stereocenters. The van der Waals surface area contributed by atoms with Crippen molar-refractivity contribution in [1.29, 1.82) is 0 Å². The Kier molecular flexibility index (Phi) is 4.23. The molecule has 0 amide bonds. The molecule has 2 fully saturated rings. The fourth-order valence-electron chi connectivity index (χ4n) is 2.60. The Balaban J connectivity index is 1.47. The van der Waals surface area contributed by atoms with E-state index in [2.05, 4.69) is 13.8 Å². The smallest absolute Gasteiger partial charge is 0.161 e. The predicted molar refractivity (Wildman–Crippen MR) is 64.8 cm³/mol. The van der Waals surface area contributed by atoms with Crippen molar-refractivity contribution in [2.24, 2.45) is 5.92 Å². The van der Waals surface area contributed by atoms with Crippen molar-refractivity contribution >= 4 is 9.76 Å². The summed E-state index contributed by atoms with van der Waals surface area (Å²) in [5.74, 6) is 0.960. The summed E-state index contributed by atoms with van der Waals surface area (Å²) in [5, 5.41) is 0. The molecule has 3 atom stereocenters. The van der Waals surface area contributed by atoms with Crippen molar-refractivity contribution < 1.29 is 9.16 Å². The van der Waals surface area contributed by atoms with Crippen LogP contribution in [-0.4, -0.2) is 28.1 Å². The van der Waals surface area contributed by atoms with Crippen LogP contribution >= 0.6 is 0 Å². The molecule has 1 aliphatic carbocycles. The molecule has 1 saturated heterocycles. The number of fused-ring (bicyclic) bond motifs is 1. The minimum absolute atomic E-state index is 0.217. The van der Waals surface area contributed by atoms with Gasteiger partial charge in [0.05, 0.1) is 12.2 Å². The number of rotatable bonds is 6. The largest absolute Gasteiger partial charge is 0.422 e. The minimum atomic E-state index is -0.217. The van der Waals surface area contributed by atoms with Crippen molar-refractivity contribution in [2.75, 3.05) is 0 Å². The molecule has 0 N–H and O–H groups in total. The van der Waals surface area contributed by atoms with Crippen LogP contribution in [0.25, 0.3) is 0 Å². The number of hydrogen-bond donors (Lipinski definition) is 0. The molecule has 1 saturated carbocycles. The molecular formula is C12H24O2Si. The van der Waals surface area contributed by atoms with Crippen LogP contribution in [0.5, 0.6) is 0 Å². The van der Waals surface area contributed by atoms with Crippen LogP contribution in [0, 0.1) is 5.92 Å². The number of hydrogen-bond acceptors (Lipinski definition) is 2. The van der Waals surface area contributed by atoms with E-state index in [0.717, 1.165) is 5.92 Å². The Morgan fingerprint density at radius 1 is 1.33 bits per heavy atom. The Morgan fingerprint density at radius 3 is 2.93 bits per heavy atom. The number of ether oxygens (including phenoxy) is 1. The zero-order valence-electron chi connectivity index (χ0n) is 10.1. The summed E-state index contributed by atoms with van der Waals surface area (Å²) in [4.78, 5) is 0. The van der Waals surface area contributed by atoms with Crippen LogP contribution in [-0.2, 0) is 9.16 Å². The Bertz CT molecular complexity index is 196. The molecule has 1 aliphatic heterocycles. The maximum absolute atomic E-state index is 5.67. The van der Waals surface area contributed by atoms with Crippen molar-refractivity contribution in [1.82, 2.24) is 0 Å². The van der Waals surface area contributed by atoms with Crippen molar-refractivity contribution in [3.05, 3.63) is 0 Å². The zero-order valence-corrected chi connectivity index (χ0v) is 11.5. The second kappa shape index (κ2) is 5.46. The van der Waals surface area contributed by atoms with Crippen molar-refractivity contribution in [3.8, 4) is 0 Å². The maximum Gasteiger partial charge on any atom is 0.161 e. The van der Waals surface area contributed by atoms with Gasteiger partial charge in [-0.05, 0) is 45.1 Å². The third-order valence-electron chi connectivity index (χ3n) is 3.57. The van der Waals surface area contributed by atoms with Gasteiger partial charge in [0.25, 0.3) is 0 Å². The lowest BCUT2D eigenvalue weighted by Gasteiger charge is -2.18. The van der Waals surface area contributed by atoms with Gasteiger partial charge in [-0.1, -0.05) is 12.8 Å². The summed E-state index contributed by atoms with van der Waals surface area (Å²) in [6.07, 6.45) is 8.67. The van der Waals surface area contributed by atoms with E-state index in [1.54, 1.807) is 0 Å². The molecule has 0 radical (unpaired) electrons. The molecule has 0 bridgehead atoms. The summed E-state index contributed by atoms with van der Waals surface area (Å²) < 4.78 is 11.2. The van der Waals surface area contributed by atoms with Crippen LogP contribution in [0.3, 0.4) is 0 Å². The topological polar surface area (TPSA) is 21.8 Å². The van der Waals surface area contributed by atoms with Crippen LogP contribution in [0.1, 0.15) is 46.0 Å². The van der Waals surface area contributed by atoms with Gasteiger partial charge in [0.2, 0.25) is 0 Å². The highest BCUT2D eigenvalue weighted by atomic mass is 28.2. The van der Waals surface area contributed by atoms with Gasteiger partial charge >= 0.3 is 0 Å². The molecule has 88 valence electrons. The van der Waals surface area contributed by atoms with E-state index in [-0.39, 0.29) is 9.76 Å². The van der Waals surface area contributed by atoms with E-state index in [1.165, 1.54) is 38.1 Å². The maximum atomic E-state index is 5.67. The second-order valence-electron chi connectivity index (χ2n) is 5.31. The Hall–Kier alpha value is 0.137. The molecular weight excluding hydrogens is 204 g/mol. The van der Waals surface area contributed by atoms with E-state index in [1.807, 2.05) is 0 Å². The Labute approximate surface area is 95.7 Å². The molecule has 1 heterocycles. The average Bonchev–Trinajstić information content (AvgIpc) is 2.94. The third-order valence-corrected chi connectivity index (χ3v) is 5.26. The summed E-state index contributed by atoms with van der Waals surface area (Å²) >= 11 is 0. The summed E-state index contributed by atoms with van der Waals surface area (Å²) in [5.41, 5.74) is 0. The first kappa shape index (κ1) is 11.6. The molecule has 15 heavy (non-hydrogen) atoms. The normalized spacial score (nSPS) is 35.0. The lowest BCUT2D eigenvalue weighted by Crippen LogP contribution is -2.14. The lowest BCUT2D eigenvalue weighted by molar-refractivity contribution is 0.254. The van der Waals surface area contributed by atoms with E-state index in [9.17, 15) is 0 Å². The van der Waals surface area contributed by atoms with E-state index in [0.29, 0.717) is 18.3 Å². The van der Waals surface area contributed by atoms with E-state index < -0.39 is 0 Å². The molecule has 3 heteroatoms. The van der Waals surface area contributed by atoms with E-state index in [4.69, 9.17) is 9.16 Å². The summed E-state index contributed by atoms with van der Waals surface area (Å²) in [6, 6.07) is 1.36. The molecule has 2 rings (SSSR count). The van der Waals surface area contributed by atoms with Crippen LogP contribution < -0.4 is 0 Å². The fraction of sp³-hybridized carbons (Fsp3) is 1.00. The van der Waals surface area contributed by atoms with Gasteiger partial charge in [0.15, 0.2) is 9.76 Å². The van der Waals surface area contributed by atoms with Gasteiger partial charge < -0.3 is 9.16 Å². The molecule has 0 aromatic carbocycles. The highest BCUT2D eigenvalue weighted by Gasteiger charge is 2.43. The number of epoxide rings is 1. The van der Waals surface area contributed by atoms with E-state index >= 15 is 0 Å². The van der Waals surface area contributed by atoms with Gasteiger partial charge in [-0.3, -0.25) is 0 Å². The lowest BCUT2D eigenvalue weighted by atomic mass is 9.86. The van der Waals surface area contributed by atoms with Gasteiger partial charge in [-0.2, -0.15) is 0 Å². The molecule has 2 aliphatic rings. The van der Waals surface area contributed by atoms with Crippen LogP contribution in [0.2, 0.25) is 6.04 Å². The highest BCUT2D eigenvalue weighted by molar-refractivity contribution is 6.27. The molecule has 0 aromatic rings. The fourth-order valence-corrected chi connectivity index (χ4v) is 3.73. The van der Waals surface area contributed by atoms with Gasteiger partial charge in [0.1, 0.15) is 0 Å². The highest BCUT2D eigenvalue weighted by Crippen LogP contribution is 2.40. The zero-order chi connectivity index (χ0) is 10.7. The molecule has 0 aromatic heterocycles. The minimum Gasteiger partial charge on any atom is -0.422 e. The average molecular weight is 228 g/mol. The third kappa shape index (κ3) is 3.89. The SMILES string of the molecule is CC(C)O[SiH2]CCCC1CCC2OC2C1. The van der Waals surface area contributed by atoms with Gasteiger partial charge in [0, 0.05) is 6.10 Å². The monoisotopic (exact) mass is 228 g/mol. The quantitative estimate of drug-likeness (QED) is 0.395. The predicted octanol–water partition coefficient (Wildman–Crippen LogP) is 2.26. The second-order valence-corrected chi connectivity index (χ2v) is 6.76. The first-order valence-corrected chi connectivity index (χ1v) is 8.10. The first-order chi connectivity index (χ1) is 7.25. The molecule has 0 spiro atoms. The molecule has 2 nitrogen and oxygen atoms in total. The summed E-state index contributed by atoms with van der Waals surface area (Å²) in [7, 11) is -0.217. The summed E-state index contributed by atoms with van der Waals surface area (Å²) in [6.45, 7) is 4.28.